The minimum Gasteiger partial charge on any atom is -0.353 e. The molecule has 3 aromatic rings. The molecule has 1 heterocycles. The third-order valence-electron chi connectivity index (χ3n) is 4.35. The second kappa shape index (κ2) is 9.65. The Morgan fingerprint density at radius 1 is 1.17 bits per heavy atom. The SMILES string of the molecule is CCCC(C)NC(=O)CSc1nc2cc(Cl)ccc2c(=O)n1-c1ccc(Cl)cc1. The van der Waals surface area contributed by atoms with Crippen molar-refractivity contribution in [3.05, 3.63) is 62.9 Å². The maximum absolute atomic E-state index is 13.2. The molecule has 0 spiro atoms. The van der Waals surface area contributed by atoms with Crippen molar-refractivity contribution in [2.24, 2.45) is 0 Å². The molecule has 3 rings (SSSR count). The first-order valence-corrected chi connectivity index (χ1v) is 11.0. The molecule has 1 N–H and O–H groups in total. The molecule has 0 radical (unpaired) electrons. The molecule has 0 aliphatic rings. The van der Waals surface area contributed by atoms with Crippen LogP contribution in [0.4, 0.5) is 0 Å². The number of rotatable bonds is 7. The second-order valence-electron chi connectivity index (χ2n) is 6.72. The topological polar surface area (TPSA) is 64.0 Å². The predicted molar refractivity (Wildman–Crippen MR) is 121 cm³/mol. The number of thioether (sulfide) groups is 1. The minimum atomic E-state index is -0.226. The molecule has 1 unspecified atom stereocenters. The molecule has 152 valence electrons. The Hall–Kier alpha value is -2.02. The number of halogens is 2. The second-order valence-corrected chi connectivity index (χ2v) is 8.53. The molecule has 8 heteroatoms. The van der Waals surface area contributed by atoms with Crippen molar-refractivity contribution in [1.82, 2.24) is 14.9 Å². The predicted octanol–water partition coefficient (Wildman–Crippen LogP) is 5.09. The highest BCUT2D eigenvalue weighted by Crippen LogP contribution is 2.24. The number of benzene rings is 2. The van der Waals surface area contributed by atoms with Crippen molar-refractivity contribution >= 4 is 51.8 Å². The maximum Gasteiger partial charge on any atom is 0.266 e. The molecule has 2 aromatic carbocycles. The van der Waals surface area contributed by atoms with Gasteiger partial charge in [-0.15, -0.1) is 0 Å². The molecule has 5 nitrogen and oxygen atoms in total. The molecule has 0 aliphatic heterocycles. The van der Waals surface area contributed by atoms with Crippen molar-refractivity contribution in [1.29, 1.82) is 0 Å². The fraction of sp³-hybridized carbons (Fsp3) is 0.286. The number of aromatic nitrogens is 2. The van der Waals surface area contributed by atoms with Crippen LogP contribution in [-0.4, -0.2) is 27.3 Å². The standard InChI is InChI=1S/C21H21Cl2N3O2S/c1-3-4-13(2)24-19(27)12-29-21-25-18-11-15(23)7-10-17(18)20(28)26(21)16-8-5-14(22)6-9-16/h5-11,13H,3-4,12H2,1-2H3,(H,24,27). The fourth-order valence-electron chi connectivity index (χ4n) is 3.00. The van der Waals surface area contributed by atoms with Gasteiger partial charge < -0.3 is 5.32 Å². The van der Waals surface area contributed by atoms with Gasteiger partial charge in [-0.2, -0.15) is 0 Å². The normalized spacial score (nSPS) is 12.1. The van der Waals surface area contributed by atoms with Gasteiger partial charge in [0.05, 0.1) is 22.3 Å². The van der Waals surface area contributed by atoms with Crippen molar-refractivity contribution in [3.63, 3.8) is 0 Å². The Labute approximate surface area is 183 Å². The largest absolute Gasteiger partial charge is 0.353 e. The van der Waals surface area contributed by atoms with Crippen LogP contribution in [-0.2, 0) is 4.79 Å². The molecule has 0 bridgehead atoms. The van der Waals surface area contributed by atoms with Gasteiger partial charge in [-0.3, -0.25) is 14.2 Å². The van der Waals surface area contributed by atoms with Gasteiger partial charge in [-0.25, -0.2) is 4.98 Å². The number of hydrogen-bond donors (Lipinski definition) is 1. The van der Waals surface area contributed by atoms with Gasteiger partial charge in [0.2, 0.25) is 5.91 Å². The van der Waals surface area contributed by atoms with Gasteiger partial charge in [0, 0.05) is 16.1 Å². The van der Waals surface area contributed by atoms with E-state index in [2.05, 4.69) is 17.2 Å². The van der Waals surface area contributed by atoms with Crippen LogP contribution in [0.15, 0.2) is 52.4 Å². The average Bonchev–Trinajstić information content (AvgIpc) is 2.67. The van der Waals surface area contributed by atoms with Crippen LogP contribution in [0.5, 0.6) is 0 Å². The summed E-state index contributed by atoms with van der Waals surface area (Å²) in [5.41, 5.74) is 0.900. The summed E-state index contributed by atoms with van der Waals surface area (Å²) < 4.78 is 1.50. The van der Waals surface area contributed by atoms with Crippen molar-refractivity contribution in [2.45, 2.75) is 37.9 Å². The van der Waals surface area contributed by atoms with Gasteiger partial charge >= 0.3 is 0 Å². The number of fused-ring (bicyclic) bond motifs is 1. The zero-order valence-corrected chi connectivity index (χ0v) is 18.4. The van der Waals surface area contributed by atoms with Gasteiger partial charge in [0.25, 0.3) is 5.56 Å². The molecular weight excluding hydrogens is 429 g/mol. The quantitative estimate of drug-likeness (QED) is 0.402. The van der Waals surface area contributed by atoms with Gasteiger partial charge in [-0.05, 0) is 55.8 Å². The minimum absolute atomic E-state index is 0.0981. The lowest BCUT2D eigenvalue weighted by molar-refractivity contribution is -0.119. The first-order chi connectivity index (χ1) is 13.9. The van der Waals surface area contributed by atoms with Crippen LogP contribution >= 0.6 is 35.0 Å². The lowest BCUT2D eigenvalue weighted by Gasteiger charge is -2.15. The molecular formula is C21H21Cl2N3O2S. The van der Waals surface area contributed by atoms with E-state index in [0.29, 0.717) is 31.8 Å². The lowest BCUT2D eigenvalue weighted by Crippen LogP contribution is -2.34. The Morgan fingerprint density at radius 2 is 1.86 bits per heavy atom. The molecule has 1 aromatic heterocycles. The van der Waals surface area contributed by atoms with Crippen LogP contribution in [0.1, 0.15) is 26.7 Å². The van der Waals surface area contributed by atoms with E-state index in [1.54, 1.807) is 42.5 Å². The Kier molecular flexibility index (Phi) is 7.22. The lowest BCUT2D eigenvalue weighted by atomic mass is 10.2. The number of amides is 1. The molecule has 0 saturated heterocycles. The van der Waals surface area contributed by atoms with E-state index in [1.807, 2.05) is 6.92 Å². The number of nitrogens with one attached hydrogen (secondary N) is 1. The summed E-state index contributed by atoms with van der Waals surface area (Å²) in [6.45, 7) is 4.05. The zero-order chi connectivity index (χ0) is 21.0. The number of carbonyl (C=O) groups excluding carboxylic acids is 1. The Bertz CT molecular complexity index is 1080. The van der Waals surface area contributed by atoms with Crippen molar-refractivity contribution in [2.75, 3.05) is 5.75 Å². The van der Waals surface area contributed by atoms with Crippen molar-refractivity contribution in [3.8, 4) is 5.69 Å². The average molecular weight is 450 g/mol. The van der Waals surface area contributed by atoms with Gasteiger partial charge in [0.1, 0.15) is 0 Å². The summed E-state index contributed by atoms with van der Waals surface area (Å²) in [5, 5.41) is 4.91. The highest BCUT2D eigenvalue weighted by Gasteiger charge is 2.16. The smallest absolute Gasteiger partial charge is 0.266 e. The highest BCUT2D eigenvalue weighted by atomic mass is 35.5. The maximum atomic E-state index is 13.2. The summed E-state index contributed by atoms with van der Waals surface area (Å²) in [4.78, 5) is 30.1. The first kappa shape index (κ1) is 21.7. The Balaban J connectivity index is 1.99. The van der Waals surface area contributed by atoms with Gasteiger partial charge in [0.15, 0.2) is 5.16 Å². The number of carbonyl (C=O) groups is 1. The van der Waals surface area contributed by atoms with E-state index in [1.165, 1.54) is 16.3 Å². The van der Waals surface area contributed by atoms with Crippen LogP contribution in [0.25, 0.3) is 16.6 Å². The fourth-order valence-corrected chi connectivity index (χ4v) is 4.12. The molecule has 0 fully saturated rings. The van der Waals surface area contributed by atoms with Crippen LogP contribution in [0.3, 0.4) is 0 Å². The highest BCUT2D eigenvalue weighted by molar-refractivity contribution is 7.99. The monoisotopic (exact) mass is 449 g/mol. The van der Waals surface area contributed by atoms with Crippen LogP contribution < -0.4 is 10.9 Å². The van der Waals surface area contributed by atoms with Crippen LogP contribution in [0, 0.1) is 0 Å². The number of nitrogens with zero attached hydrogens (tertiary/aromatic N) is 2. The summed E-state index contributed by atoms with van der Waals surface area (Å²) in [5.74, 6) is 0.0548. The van der Waals surface area contributed by atoms with E-state index in [-0.39, 0.29) is 23.3 Å². The third kappa shape index (κ3) is 5.32. The van der Waals surface area contributed by atoms with E-state index >= 15 is 0 Å². The molecule has 1 atom stereocenters. The summed E-state index contributed by atoms with van der Waals surface area (Å²) in [6.07, 6.45) is 1.91. The van der Waals surface area contributed by atoms with Crippen molar-refractivity contribution < 1.29 is 4.79 Å². The number of hydrogen-bond acceptors (Lipinski definition) is 4. The van der Waals surface area contributed by atoms with E-state index < -0.39 is 0 Å². The molecule has 29 heavy (non-hydrogen) atoms. The zero-order valence-electron chi connectivity index (χ0n) is 16.1. The first-order valence-electron chi connectivity index (χ1n) is 9.29. The third-order valence-corrected chi connectivity index (χ3v) is 5.77. The van der Waals surface area contributed by atoms with E-state index in [0.717, 1.165) is 12.8 Å². The van der Waals surface area contributed by atoms with Gasteiger partial charge in [-0.1, -0.05) is 48.3 Å². The van der Waals surface area contributed by atoms with Crippen LogP contribution in [0.2, 0.25) is 10.0 Å². The van der Waals surface area contributed by atoms with E-state index in [4.69, 9.17) is 23.2 Å². The molecule has 1 amide bonds. The van der Waals surface area contributed by atoms with E-state index in [9.17, 15) is 9.59 Å². The summed E-state index contributed by atoms with van der Waals surface area (Å²) in [6, 6.07) is 12.0. The molecule has 0 aliphatic carbocycles. The molecule has 0 saturated carbocycles. The summed E-state index contributed by atoms with van der Waals surface area (Å²) >= 11 is 13.3. The summed E-state index contributed by atoms with van der Waals surface area (Å²) in [7, 11) is 0. The Morgan fingerprint density at radius 3 is 2.55 bits per heavy atom.